The third kappa shape index (κ3) is 3.05. The Morgan fingerprint density at radius 1 is 1.16 bits per heavy atom. The van der Waals surface area contributed by atoms with E-state index in [1.807, 2.05) is 0 Å². The average molecular weight is 261 g/mol. The molecule has 1 aliphatic rings. The zero-order chi connectivity index (χ0) is 13.8. The maximum atomic E-state index is 11.6. The van der Waals surface area contributed by atoms with E-state index in [1.54, 1.807) is 24.3 Å². The number of ether oxygens (including phenoxy) is 1. The number of hydrogen-bond acceptors (Lipinski definition) is 4. The molecule has 98 valence electrons. The Morgan fingerprint density at radius 2 is 1.74 bits per heavy atom. The van der Waals surface area contributed by atoms with E-state index < -0.39 is 17.8 Å². The summed E-state index contributed by atoms with van der Waals surface area (Å²) in [6, 6.07) is 6.43. The van der Waals surface area contributed by atoms with Crippen molar-refractivity contribution in [3.05, 3.63) is 35.9 Å². The normalized spacial score (nSPS) is 16.1. The second kappa shape index (κ2) is 5.45. The standard InChI is InChI=1S/C13H11NO5/c15-11-7-19-8-12(16)14(11)10-4-1-9(2-5-10)3-6-13(17)18/h1-6H,7-8H2,(H,17,18)/b6-3+. The second-order valence-electron chi connectivity index (χ2n) is 3.88. The molecule has 1 aliphatic heterocycles. The molecule has 2 rings (SSSR count). The summed E-state index contributed by atoms with van der Waals surface area (Å²) in [5.74, 6) is -1.86. The first-order chi connectivity index (χ1) is 9.08. The van der Waals surface area contributed by atoms with Gasteiger partial charge in [-0.15, -0.1) is 0 Å². The molecule has 1 heterocycles. The molecule has 0 aromatic heterocycles. The van der Waals surface area contributed by atoms with Crippen LogP contribution in [0.15, 0.2) is 30.3 Å². The lowest BCUT2D eigenvalue weighted by molar-refractivity contribution is -0.138. The van der Waals surface area contributed by atoms with E-state index >= 15 is 0 Å². The van der Waals surface area contributed by atoms with Gasteiger partial charge in [-0.3, -0.25) is 9.59 Å². The Kier molecular flexibility index (Phi) is 3.72. The van der Waals surface area contributed by atoms with Crippen molar-refractivity contribution in [2.45, 2.75) is 0 Å². The second-order valence-corrected chi connectivity index (χ2v) is 3.88. The van der Waals surface area contributed by atoms with Crippen molar-refractivity contribution in [1.82, 2.24) is 0 Å². The molecule has 6 nitrogen and oxygen atoms in total. The minimum absolute atomic E-state index is 0.119. The predicted octanol–water partition coefficient (Wildman–Crippen LogP) is 0.674. The number of anilines is 1. The van der Waals surface area contributed by atoms with Gasteiger partial charge in [-0.1, -0.05) is 12.1 Å². The van der Waals surface area contributed by atoms with E-state index in [-0.39, 0.29) is 13.2 Å². The molecule has 1 saturated heterocycles. The zero-order valence-electron chi connectivity index (χ0n) is 9.91. The number of carboxylic acids is 1. The highest BCUT2D eigenvalue weighted by Gasteiger charge is 2.27. The summed E-state index contributed by atoms with van der Waals surface area (Å²) in [6.45, 7) is -0.237. The van der Waals surface area contributed by atoms with Crippen molar-refractivity contribution in [3.8, 4) is 0 Å². The number of aliphatic carboxylic acids is 1. The van der Waals surface area contributed by atoms with E-state index in [1.165, 1.54) is 6.08 Å². The van der Waals surface area contributed by atoms with Crippen LogP contribution in [0.3, 0.4) is 0 Å². The number of imide groups is 1. The molecule has 1 aromatic rings. The highest BCUT2D eigenvalue weighted by atomic mass is 16.5. The van der Waals surface area contributed by atoms with Crippen LogP contribution in [-0.4, -0.2) is 36.1 Å². The smallest absolute Gasteiger partial charge is 0.328 e. The van der Waals surface area contributed by atoms with Crippen LogP contribution >= 0.6 is 0 Å². The number of rotatable bonds is 3. The van der Waals surface area contributed by atoms with Crippen molar-refractivity contribution < 1.29 is 24.2 Å². The third-order valence-corrected chi connectivity index (χ3v) is 2.52. The van der Waals surface area contributed by atoms with Crippen LogP contribution in [0.2, 0.25) is 0 Å². The summed E-state index contributed by atoms with van der Waals surface area (Å²) < 4.78 is 4.82. The van der Waals surface area contributed by atoms with Gasteiger partial charge in [0.25, 0.3) is 11.8 Å². The van der Waals surface area contributed by atoms with Crippen LogP contribution in [-0.2, 0) is 19.1 Å². The topological polar surface area (TPSA) is 83.9 Å². The van der Waals surface area contributed by atoms with Gasteiger partial charge in [-0.05, 0) is 23.8 Å². The van der Waals surface area contributed by atoms with Crippen molar-refractivity contribution >= 4 is 29.5 Å². The molecule has 1 N–H and O–H groups in total. The lowest BCUT2D eigenvalue weighted by Crippen LogP contribution is -2.46. The molecule has 6 heteroatoms. The molecule has 0 atom stereocenters. The molecular formula is C13H11NO5. The van der Waals surface area contributed by atoms with E-state index in [4.69, 9.17) is 9.84 Å². The molecule has 0 aliphatic carbocycles. The number of carbonyl (C=O) groups is 3. The molecule has 0 spiro atoms. The largest absolute Gasteiger partial charge is 0.478 e. The Balaban J connectivity index is 2.20. The minimum atomic E-state index is -1.04. The van der Waals surface area contributed by atoms with Crippen LogP contribution < -0.4 is 4.90 Å². The van der Waals surface area contributed by atoms with Gasteiger partial charge in [0, 0.05) is 6.08 Å². The van der Waals surface area contributed by atoms with E-state index in [0.717, 1.165) is 11.0 Å². The average Bonchev–Trinajstić information content (AvgIpc) is 2.37. The fourth-order valence-corrected chi connectivity index (χ4v) is 1.68. The van der Waals surface area contributed by atoms with Gasteiger partial charge in [-0.2, -0.15) is 0 Å². The molecule has 2 amide bonds. The molecule has 19 heavy (non-hydrogen) atoms. The van der Waals surface area contributed by atoms with Crippen molar-refractivity contribution in [2.24, 2.45) is 0 Å². The zero-order valence-corrected chi connectivity index (χ0v) is 9.91. The number of nitrogens with zero attached hydrogens (tertiary/aromatic N) is 1. The first kappa shape index (κ1) is 13.0. The van der Waals surface area contributed by atoms with Crippen LogP contribution in [0.5, 0.6) is 0 Å². The number of morpholine rings is 1. The van der Waals surface area contributed by atoms with Gasteiger partial charge in [0.15, 0.2) is 0 Å². The van der Waals surface area contributed by atoms with E-state index in [9.17, 15) is 14.4 Å². The van der Waals surface area contributed by atoms with Gasteiger partial charge in [-0.25, -0.2) is 9.69 Å². The quantitative estimate of drug-likeness (QED) is 0.638. The van der Waals surface area contributed by atoms with Gasteiger partial charge in [0.05, 0.1) is 5.69 Å². The fraction of sp³-hybridized carbons (Fsp3) is 0.154. The summed E-state index contributed by atoms with van der Waals surface area (Å²) in [7, 11) is 0. The molecule has 0 unspecified atom stereocenters. The lowest BCUT2D eigenvalue weighted by Gasteiger charge is -2.24. The van der Waals surface area contributed by atoms with Crippen molar-refractivity contribution in [2.75, 3.05) is 18.1 Å². The van der Waals surface area contributed by atoms with Gasteiger partial charge >= 0.3 is 5.97 Å². The Hall–Kier alpha value is -2.47. The number of carboxylic acid groups (broad SMARTS) is 1. The highest BCUT2D eigenvalue weighted by Crippen LogP contribution is 2.18. The number of amides is 2. The van der Waals surface area contributed by atoms with E-state index in [0.29, 0.717) is 11.3 Å². The SMILES string of the molecule is O=C(O)/C=C/c1ccc(N2C(=O)COCC2=O)cc1. The molecule has 1 fully saturated rings. The number of benzene rings is 1. The summed E-state index contributed by atoms with van der Waals surface area (Å²) in [6.07, 6.45) is 2.44. The van der Waals surface area contributed by atoms with Crippen LogP contribution in [0.25, 0.3) is 6.08 Å². The third-order valence-electron chi connectivity index (χ3n) is 2.52. The Bertz CT molecular complexity index is 531. The molecule has 0 radical (unpaired) electrons. The van der Waals surface area contributed by atoms with Crippen molar-refractivity contribution in [3.63, 3.8) is 0 Å². The summed E-state index contributed by atoms with van der Waals surface area (Å²) in [5.41, 5.74) is 1.12. The van der Waals surface area contributed by atoms with Gasteiger partial charge in [0.2, 0.25) is 0 Å². The maximum absolute atomic E-state index is 11.6. The maximum Gasteiger partial charge on any atom is 0.328 e. The summed E-state index contributed by atoms with van der Waals surface area (Å²) in [4.78, 5) is 34.6. The van der Waals surface area contributed by atoms with Crippen LogP contribution in [0.1, 0.15) is 5.56 Å². The van der Waals surface area contributed by atoms with Gasteiger partial charge in [0.1, 0.15) is 13.2 Å². The molecule has 0 bridgehead atoms. The Morgan fingerprint density at radius 3 is 2.26 bits per heavy atom. The summed E-state index contributed by atoms with van der Waals surface area (Å²) in [5, 5.41) is 8.50. The van der Waals surface area contributed by atoms with E-state index in [2.05, 4.69) is 0 Å². The Labute approximate surface area is 108 Å². The molecule has 1 aromatic carbocycles. The number of carbonyl (C=O) groups excluding carboxylic acids is 2. The monoisotopic (exact) mass is 261 g/mol. The fourth-order valence-electron chi connectivity index (χ4n) is 1.68. The van der Waals surface area contributed by atoms with Crippen LogP contribution in [0.4, 0.5) is 5.69 Å². The van der Waals surface area contributed by atoms with Crippen LogP contribution in [0, 0.1) is 0 Å². The molecule has 0 saturated carbocycles. The predicted molar refractivity (Wildman–Crippen MR) is 66.4 cm³/mol. The first-order valence-corrected chi connectivity index (χ1v) is 5.52. The van der Waals surface area contributed by atoms with Crippen molar-refractivity contribution in [1.29, 1.82) is 0 Å². The first-order valence-electron chi connectivity index (χ1n) is 5.52. The van der Waals surface area contributed by atoms with Gasteiger partial charge < -0.3 is 9.84 Å². The molecular weight excluding hydrogens is 250 g/mol. The number of hydrogen-bond donors (Lipinski definition) is 1. The highest BCUT2D eigenvalue weighted by molar-refractivity contribution is 6.17. The summed E-state index contributed by atoms with van der Waals surface area (Å²) >= 11 is 0. The lowest BCUT2D eigenvalue weighted by atomic mass is 10.1. The minimum Gasteiger partial charge on any atom is -0.478 e.